The van der Waals surface area contributed by atoms with Gasteiger partial charge in [0.05, 0.1) is 5.02 Å². The minimum absolute atomic E-state index is 0.0725. The Bertz CT molecular complexity index is 929. The molecular weight excluding hydrogens is 386 g/mol. The number of aryl methyl sites for hydroxylation is 1. The van der Waals surface area contributed by atoms with Crippen LogP contribution in [-0.2, 0) is 16.0 Å². The molecule has 1 N–H and O–H groups in total. The van der Waals surface area contributed by atoms with E-state index in [0.717, 1.165) is 5.56 Å². The van der Waals surface area contributed by atoms with Gasteiger partial charge in [-0.1, -0.05) is 18.5 Å². The molecule has 2 rings (SSSR count). The van der Waals surface area contributed by atoms with E-state index in [1.807, 2.05) is 6.92 Å². The van der Waals surface area contributed by atoms with Gasteiger partial charge in [-0.25, -0.2) is 9.59 Å². The predicted molar refractivity (Wildman–Crippen MR) is 106 cm³/mol. The topological polar surface area (TPSA) is 94.8 Å². The molecule has 0 aliphatic rings. The average molecular weight is 410 g/mol. The van der Waals surface area contributed by atoms with Crippen molar-refractivity contribution in [1.29, 1.82) is 0 Å². The van der Waals surface area contributed by atoms with E-state index in [1.165, 1.54) is 12.1 Å². The van der Waals surface area contributed by atoms with Gasteiger partial charge in [-0.05, 0) is 45.2 Å². The second-order valence-electron chi connectivity index (χ2n) is 7.23. The summed E-state index contributed by atoms with van der Waals surface area (Å²) in [5.74, 6) is -0.392. The SMILES string of the molecule is CCc1cc(=O)oc2cc(OC(=O)CCCNC(=O)OC(C)(C)C)c(Cl)cc12. The van der Waals surface area contributed by atoms with Gasteiger partial charge in [0.1, 0.15) is 11.2 Å². The molecule has 8 heteroatoms. The summed E-state index contributed by atoms with van der Waals surface area (Å²) >= 11 is 6.21. The fourth-order valence-corrected chi connectivity index (χ4v) is 2.71. The quantitative estimate of drug-likeness (QED) is 0.332. The van der Waals surface area contributed by atoms with Crippen LogP contribution in [0, 0.1) is 0 Å². The second kappa shape index (κ2) is 9.10. The first kappa shape index (κ1) is 21.8. The number of benzene rings is 1. The van der Waals surface area contributed by atoms with Crippen LogP contribution in [0.2, 0.25) is 5.02 Å². The maximum atomic E-state index is 12.0. The van der Waals surface area contributed by atoms with Crippen molar-refractivity contribution in [2.45, 2.75) is 52.6 Å². The number of rotatable bonds is 6. The Morgan fingerprint density at radius 3 is 2.57 bits per heavy atom. The van der Waals surface area contributed by atoms with E-state index in [4.69, 9.17) is 25.5 Å². The van der Waals surface area contributed by atoms with Crippen LogP contribution in [0.4, 0.5) is 4.79 Å². The number of carbonyl (C=O) groups is 2. The van der Waals surface area contributed by atoms with Crippen LogP contribution in [0.1, 0.15) is 46.1 Å². The third kappa shape index (κ3) is 6.27. The highest BCUT2D eigenvalue weighted by Gasteiger charge is 2.16. The monoisotopic (exact) mass is 409 g/mol. The molecule has 0 fully saturated rings. The van der Waals surface area contributed by atoms with Crippen molar-refractivity contribution in [3.63, 3.8) is 0 Å². The first-order valence-corrected chi connectivity index (χ1v) is 9.40. The summed E-state index contributed by atoms with van der Waals surface area (Å²) in [4.78, 5) is 35.2. The van der Waals surface area contributed by atoms with E-state index in [9.17, 15) is 14.4 Å². The molecule has 28 heavy (non-hydrogen) atoms. The lowest BCUT2D eigenvalue weighted by Crippen LogP contribution is -2.33. The molecule has 0 aliphatic carbocycles. The summed E-state index contributed by atoms with van der Waals surface area (Å²) in [6.45, 7) is 7.49. The van der Waals surface area contributed by atoms with Crippen LogP contribution in [0.3, 0.4) is 0 Å². The zero-order chi connectivity index (χ0) is 20.9. The zero-order valence-corrected chi connectivity index (χ0v) is 17.1. The fourth-order valence-electron chi connectivity index (χ4n) is 2.51. The Kier molecular flexibility index (Phi) is 7.07. The predicted octanol–water partition coefficient (Wildman–Crippen LogP) is 4.22. The lowest BCUT2D eigenvalue weighted by Gasteiger charge is -2.19. The fraction of sp³-hybridized carbons (Fsp3) is 0.450. The van der Waals surface area contributed by atoms with Gasteiger partial charge in [-0.3, -0.25) is 4.79 Å². The number of hydrogen-bond donors (Lipinski definition) is 1. The van der Waals surface area contributed by atoms with E-state index in [0.29, 0.717) is 23.8 Å². The zero-order valence-electron chi connectivity index (χ0n) is 16.4. The normalized spacial score (nSPS) is 11.3. The highest BCUT2D eigenvalue weighted by Crippen LogP contribution is 2.31. The molecule has 0 bridgehead atoms. The molecule has 0 atom stereocenters. The molecule has 1 heterocycles. The summed E-state index contributed by atoms with van der Waals surface area (Å²) < 4.78 is 15.6. The number of nitrogens with one attached hydrogen (secondary N) is 1. The van der Waals surface area contributed by atoms with Crippen molar-refractivity contribution < 1.29 is 23.5 Å². The number of esters is 1. The summed E-state index contributed by atoms with van der Waals surface area (Å²) in [5, 5.41) is 3.52. The van der Waals surface area contributed by atoms with Gasteiger partial charge in [-0.2, -0.15) is 0 Å². The summed E-state index contributed by atoms with van der Waals surface area (Å²) in [6.07, 6.45) is 0.545. The second-order valence-corrected chi connectivity index (χ2v) is 7.64. The Hall–Kier alpha value is -2.54. The molecule has 2 aromatic rings. The largest absolute Gasteiger partial charge is 0.444 e. The van der Waals surface area contributed by atoms with E-state index in [-0.39, 0.29) is 23.7 Å². The molecule has 0 radical (unpaired) electrons. The molecule has 7 nitrogen and oxygen atoms in total. The minimum atomic E-state index is -0.581. The van der Waals surface area contributed by atoms with Crippen LogP contribution in [0.25, 0.3) is 11.0 Å². The molecule has 0 unspecified atom stereocenters. The van der Waals surface area contributed by atoms with E-state index >= 15 is 0 Å². The van der Waals surface area contributed by atoms with Crippen molar-refractivity contribution in [3.8, 4) is 5.75 Å². The molecule has 0 spiro atoms. The number of hydrogen-bond acceptors (Lipinski definition) is 6. The Balaban J connectivity index is 1.95. The first-order chi connectivity index (χ1) is 13.1. The lowest BCUT2D eigenvalue weighted by molar-refractivity contribution is -0.134. The molecule has 1 aromatic carbocycles. The van der Waals surface area contributed by atoms with Crippen molar-refractivity contribution in [2.75, 3.05) is 6.54 Å². The molecule has 0 saturated heterocycles. The Morgan fingerprint density at radius 1 is 1.21 bits per heavy atom. The van der Waals surface area contributed by atoms with Crippen molar-refractivity contribution in [1.82, 2.24) is 5.32 Å². The maximum absolute atomic E-state index is 12.0. The first-order valence-electron chi connectivity index (χ1n) is 9.03. The molecular formula is C20H24ClNO6. The lowest BCUT2D eigenvalue weighted by atomic mass is 10.1. The van der Waals surface area contributed by atoms with E-state index in [1.54, 1.807) is 26.8 Å². The van der Waals surface area contributed by atoms with Gasteiger partial charge in [0.2, 0.25) is 0 Å². The van der Waals surface area contributed by atoms with Crippen LogP contribution in [-0.4, -0.2) is 24.2 Å². The van der Waals surface area contributed by atoms with Gasteiger partial charge < -0.3 is 19.2 Å². The molecule has 152 valence electrons. The molecule has 1 aromatic heterocycles. The number of amides is 1. The Labute approximate surface area is 167 Å². The standard InChI is InChI=1S/C20H24ClNO6/c1-5-12-9-18(24)26-15-11-16(14(21)10-13(12)15)27-17(23)7-6-8-22-19(25)28-20(2,3)4/h9-11H,5-8H2,1-4H3,(H,22,25). The average Bonchev–Trinajstić information content (AvgIpc) is 2.57. The van der Waals surface area contributed by atoms with Crippen LogP contribution >= 0.6 is 11.6 Å². The number of fused-ring (bicyclic) bond motifs is 1. The van der Waals surface area contributed by atoms with Crippen LogP contribution in [0.15, 0.2) is 27.4 Å². The minimum Gasteiger partial charge on any atom is -0.444 e. The van der Waals surface area contributed by atoms with Crippen LogP contribution < -0.4 is 15.7 Å². The number of halogens is 1. The number of carbonyl (C=O) groups excluding carboxylic acids is 2. The summed E-state index contributed by atoms with van der Waals surface area (Å²) in [5.41, 5.74) is 0.0576. The number of alkyl carbamates (subject to hydrolysis) is 1. The van der Waals surface area contributed by atoms with Gasteiger partial charge >= 0.3 is 17.7 Å². The molecule has 1 amide bonds. The van der Waals surface area contributed by atoms with Crippen molar-refractivity contribution in [3.05, 3.63) is 39.2 Å². The number of ether oxygens (including phenoxy) is 2. The molecule has 0 aliphatic heterocycles. The molecule has 0 saturated carbocycles. The van der Waals surface area contributed by atoms with Gasteiger partial charge in [-0.15, -0.1) is 0 Å². The Morgan fingerprint density at radius 2 is 1.93 bits per heavy atom. The summed E-state index contributed by atoms with van der Waals surface area (Å²) in [6, 6.07) is 4.47. The maximum Gasteiger partial charge on any atom is 0.407 e. The van der Waals surface area contributed by atoms with E-state index in [2.05, 4.69) is 5.32 Å². The van der Waals surface area contributed by atoms with Crippen molar-refractivity contribution >= 4 is 34.6 Å². The van der Waals surface area contributed by atoms with Gasteiger partial charge in [0.25, 0.3) is 0 Å². The van der Waals surface area contributed by atoms with Gasteiger partial charge in [0, 0.05) is 30.5 Å². The summed E-state index contributed by atoms with van der Waals surface area (Å²) in [7, 11) is 0. The van der Waals surface area contributed by atoms with Crippen molar-refractivity contribution in [2.24, 2.45) is 0 Å². The van der Waals surface area contributed by atoms with Crippen LogP contribution in [0.5, 0.6) is 5.75 Å². The van der Waals surface area contributed by atoms with Gasteiger partial charge in [0.15, 0.2) is 5.75 Å². The van der Waals surface area contributed by atoms with E-state index < -0.39 is 23.3 Å². The third-order valence-electron chi connectivity index (χ3n) is 3.71. The third-order valence-corrected chi connectivity index (χ3v) is 4.01. The highest BCUT2D eigenvalue weighted by molar-refractivity contribution is 6.33. The highest BCUT2D eigenvalue weighted by atomic mass is 35.5. The smallest absolute Gasteiger partial charge is 0.407 e.